The number of hydrogen-bond acceptors (Lipinski definition) is 4. The predicted molar refractivity (Wildman–Crippen MR) is 83.6 cm³/mol. The van der Waals surface area contributed by atoms with Crippen molar-refractivity contribution in [1.29, 1.82) is 0 Å². The Morgan fingerprint density at radius 1 is 0.955 bits per heavy atom. The van der Waals surface area contributed by atoms with E-state index in [0.717, 1.165) is 5.56 Å². The summed E-state index contributed by atoms with van der Waals surface area (Å²) in [5.74, 6) is -0.139. The van der Waals surface area contributed by atoms with E-state index in [-0.39, 0.29) is 0 Å². The van der Waals surface area contributed by atoms with Crippen LogP contribution in [0.5, 0.6) is 11.5 Å². The van der Waals surface area contributed by atoms with E-state index in [0.29, 0.717) is 22.6 Å². The van der Waals surface area contributed by atoms with Crippen LogP contribution in [0.4, 0.5) is 0 Å². The highest BCUT2D eigenvalue weighted by molar-refractivity contribution is 5.90. The summed E-state index contributed by atoms with van der Waals surface area (Å²) >= 11 is 0. The van der Waals surface area contributed by atoms with Crippen LogP contribution >= 0.6 is 0 Å². The second kappa shape index (κ2) is 6.72. The standard InChI is InChI=1S/C18H16O4/c1-12(2)18(20)22-17-10-9-15(21-13(3)19)11-16(17)14-7-5-4-6-8-14/h4-11H,1H2,2-3H3. The lowest BCUT2D eigenvalue weighted by atomic mass is 10.0. The van der Waals surface area contributed by atoms with E-state index in [9.17, 15) is 9.59 Å². The lowest BCUT2D eigenvalue weighted by molar-refractivity contribution is -0.132. The van der Waals surface area contributed by atoms with Crippen molar-refractivity contribution in [2.75, 3.05) is 0 Å². The first-order valence-electron chi connectivity index (χ1n) is 6.73. The maximum absolute atomic E-state index is 11.8. The van der Waals surface area contributed by atoms with Gasteiger partial charge in [-0.15, -0.1) is 0 Å². The van der Waals surface area contributed by atoms with Gasteiger partial charge in [-0.2, -0.15) is 0 Å². The zero-order chi connectivity index (χ0) is 16.1. The number of ether oxygens (including phenoxy) is 2. The molecule has 0 aromatic heterocycles. The van der Waals surface area contributed by atoms with Crippen LogP contribution in [-0.2, 0) is 9.59 Å². The monoisotopic (exact) mass is 296 g/mol. The van der Waals surface area contributed by atoms with Crippen LogP contribution in [-0.4, -0.2) is 11.9 Å². The lowest BCUT2D eigenvalue weighted by Crippen LogP contribution is -2.09. The van der Waals surface area contributed by atoms with Crippen LogP contribution in [0, 0.1) is 0 Å². The van der Waals surface area contributed by atoms with Gasteiger partial charge in [0.25, 0.3) is 0 Å². The first-order chi connectivity index (χ1) is 10.5. The first kappa shape index (κ1) is 15.5. The van der Waals surface area contributed by atoms with Crippen molar-refractivity contribution in [3.63, 3.8) is 0 Å². The maximum atomic E-state index is 11.8. The molecule has 0 N–H and O–H groups in total. The topological polar surface area (TPSA) is 52.6 Å². The Morgan fingerprint density at radius 3 is 2.23 bits per heavy atom. The fourth-order valence-electron chi connectivity index (χ4n) is 1.86. The summed E-state index contributed by atoms with van der Waals surface area (Å²) in [4.78, 5) is 22.8. The maximum Gasteiger partial charge on any atom is 0.338 e. The normalized spacial score (nSPS) is 9.91. The molecule has 2 aromatic rings. The molecular formula is C18H16O4. The van der Waals surface area contributed by atoms with Crippen LogP contribution in [0.3, 0.4) is 0 Å². The highest BCUT2D eigenvalue weighted by Gasteiger charge is 2.13. The number of benzene rings is 2. The molecule has 0 fully saturated rings. The van der Waals surface area contributed by atoms with Gasteiger partial charge in [0.2, 0.25) is 0 Å². The minimum Gasteiger partial charge on any atom is -0.427 e. The van der Waals surface area contributed by atoms with Crippen LogP contribution in [0.25, 0.3) is 11.1 Å². The van der Waals surface area contributed by atoms with E-state index in [1.165, 1.54) is 6.92 Å². The molecule has 0 saturated heterocycles. The van der Waals surface area contributed by atoms with E-state index in [1.54, 1.807) is 25.1 Å². The molecule has 0 aliphatic rings. The third-order valence-electron chi connectivity index (χ3n) is 2.85. The van der Waals surface area contributed by atoms with Gasteiger partial charge < -0.3 is 9.47 Å². The molecule has 0 unspecified atom stereocenters. The van der Waals surface area contributed by atoms with Crippen molar-refractivity contribution < 1.29 is 19.1 Å². The molecule has 112 valence electrons. The number of hydrogen-bond donors (Lipinski definition) is 0. The van der Waals surface area contributed by atoms with E-state index in [1.807, 2.05) is 30.3 Å². The van der Waals surface area contributed by atoms with Crippen LogP contribution < -0.4 is 9.47 Å². The van der Waals surface area contributed by atoms with E-state index >= 15 is 0 Å². The average molecular weight is 296 g/mol. The molecule has 0 aliphatic heterocycles. The molecule has 0 bridgehead atoms. The van der Waals surface area contributed by atoms with Crippen molar-refractivity contribution >= 4 is 11.9 Å². The molecule has 22 heavy (non-hydrogen) atoms. The summed E-state index contributed by atoms with van der Waals surface area (Å²) in [6.45, 7) is 6.48. The van der Waals surface area contributed by atoms with Crippen molar-refractivity contribution in [3.05, 3.63) is 60.7 Å². The SMILES string of the molecule is C=C(C)C(=O)Oc1ccc(OC(C)=O)cc1-c1ccccc1. The second-order valence-corrected chi connectivity index (χ2v) is 4.79. The quantitative estimate of drug-likeness (QED) is 0.490. The summed E-state index contributed by atoms with van der Waals surface area (Å²) in [7, 11) is 0. The third-order valence-corrected chi connectivity index (χ3v) is 2.85. The molecule has 4 heteroatoms. The summed E-state index contributed by atoms with van der Waals surface area (Å²) in [5, 5.41) is 0. The van der Waals surface area contributed by atoms with Gasteiger partial charge in [-0.1, -0.05) is 36.9 Å². The van der Waals surface area contributed by atoms with Gasteiger partial charge in [-0.25, -0.2) is 4.79 Å². The second-order valence-electron chi connectivity index (χ2n) is 4.79. The number of rotatable bonds is 4. The molecule has 0 radical (unpaired) electrons. The molecule has 2 aromatic carbocycles. The molecule has 0 atom stereocenters. The number of esters is 2. The fourth-order valence-corrected chi connectivity index (χ4v) is 1.86. The van der Waals surface area contributed by atoms with E-state index in [4.69, 9.17) is 9.47 Å². The molecule has 0 amide bonds. The smallest absolute Gasteiger partial charge is 0.338 e. The molecular weight excluding hydrogens is 280 g/mol. The Kier molecular flexibility index (Phi) is 4.73. The van der Waals surface area contributed by atoms with Gasteiger partial charge in [0.1, 0.15) is 11.5 Å². The summed E-state index contributed by atoms with van der Waals surface area (Å²) in [6.07, 6.45) is 0. The van der Waals surface area contributed by atoms with E-state index in [2.05, 4.69) is 6.58 Å². The zero-order valence-corrected chi connectivity index (χ0v) is 12.5. The first-order valence-corrected chi connectivity index (χ1v) is 6.73. The van der Waals surface area contributed by atoms with Crippen molar-refractivity contribution in [3.8, 4) is 22.6 Å². The lowest BCUT2D eigenvalue weighted by Gasteiger charge is -2.12. The molecule has 0 saturated carbocycles. The van der Waals surface area contributed by atoms with E-state index < -0.39 is 11.9 Å². The summed E-state index contributed by atoms with van der Waals surface area (Å²) < 4.78 is 10.4. The molecule has 4 nitrogen and oxygen atoms in total. The Balaban J connectivity index is 2.46. The third kappa shape index (κ3) is 3.82. The van der Waals surface area contributed by atoms with Crippen molar-refractivity contribution in [2.45, 2.75) is 13.8 Å². The Bertz CT molecular complexity index is 717. The number of carbonyl (C=O) groups is 2. The number of carbonyl (C=O) groups excluding carboxylic acids is 2. The predicted octanol–water partition coefficient (Wildman–Crippen LogP) is 3.76. The van der Waals surface area contributed by atoms with Gasteiger partial charge in [0.05, 0.1) is 0 Å². The summed E-state index contributed by atoms with van der Waals surface area (Å²) in [6, 6.07) is 14.2. The van der Waals surface area contributed by atoms with Gasteiger partial charge in [-0.05, 0) is 30.7 Å². The average Bonchev–Trinajstić information content (AvgIpc) is 2.49. The zero-order valence-electron chi connectivity index (χ0n) is 12.5. The van der Waals surface area contributed by atoms with Gasteiger partial charge in [-0.3, -0.25) is 4.79 Å². The molecule has 0 heterocycles. The van der Waals surface area contributed by atoms with Gasteiger partial charge in [0.15, 0.2) is 0 Å². The fraction of sp³-hybridized carbons (Fsp3) is 0.111. The molecule has 0 aliphatic carbocycles. The largest absolute Gasteiger partial charge is 0.427 e. The highest BCUT2D eigenvalue weighted by atomic mass is 16.5. The van der Waals surface area contributed by atoms with Crippen molar-refractivity contribution in [2.24, 2.45) is 0 Å². The Hall–Kier alpha value is -2.88. The Labute approximate surface area is 129 Å². The molecule has 0 spiro atoms. The van der Waals surface area contributed by atoms with Crippen LogP contribution in [0.15, 0.2) is 60.7 Å². The highest BCUT2D eigenvalue weighted by Crippen LogP contribution is 2.34. The molecule has 2 rings (SSSR count). The Morgan fingerprint density at radius 2 is 1.64 bits per heavy atom. The van der Waals surface area contributed by atoms with Crippen molar-refractivity contribution in [1.82, 2.24) is 0 Å². The van der Waals surface area contributed by atoms with Crippen LogP contribution in [0.2, 0.25) is 0 Å². The minimum atomic E-state index is -0.502. The van der Waals surface area contributed by atoms with Crippen LogP contribution in [0.1, 0.15) is 13.8 Å². The summed E-state index contributed by atoms with van der Waals surface area (Å²) in [5.41, 5.74) is 1.82. The van der Waals surface area contributed by atoms with Gasteiger partial charge >= 0.3 is 11.9 Å². The van der Waals surface area contributed by atoms with Gasteiger partial charge in [0, 0.05) is 18.1 Å². The minimum absolute atomic E-state index is 0.308.